The van der Waals surface area contributed by atoms with Crippen LogP contribution in [-0.2, 0) is 13.1 Å². The van der Waals surface area contributed by atoms with Crippen molar-refractivity contribution < 1.29 is 9.53 Å². The zero-order chi connectivity index (χ0) is 16.5. The highest BCUT2D eigenvalue weighted by atomic mass is 16.5. The molecule has 122 valence electrons. The lowest BCUT2D eigenvalue weighted by Gasteiger charge is -2.09. The van der Waals surface area contributed by atoms with Crippen molar-refractivity contribution in [1.29, 1.82) is 0 Å². The summed E-state index contributed by atoms with van der Waals surface area (Å²) in [6.45, 7) is 5.38. The fraction of sp³-hybridized carbons (Fsp3) is 0.353. The molecular formula is C17H22N4O2. The molecule has 0 spiro atoms. The quantitative estimate of drug-likeness (QED) is 0.823. The van der Waals surface area contributed by atoms with Crippen molar-refractivity contribution in [3.63, 3.8) is 0 Å². The first-order valence-electron chi connectivity index (χ1n) is 7.69. The zero-order valence-electron chi connectivity index (χ0n) is 13.5. The molecule has 0 radical (unpaired) electrons. The molecule has 0 aliphatic heterocycles. The van der Waals surface area contributed by atoms with Crippen LogP contribution in [0.2, 0.25) is 0 Å². The Morgan fingerprint density at radius 1 is 1.22 bits per heavy atom. The lowest BCUT2D eigenvalue weighted by atomic mass is 10.2. The smallest absolute Gasteiger partial charge is 0.315 e. The number of benzene rings is 1. The van der Waals surface area contributed by atoms with Crippen molar-refractivity contribution in [3.05, 3.63) is 53.6 Å². The highest BCUT2D eigenvalue weighted by Gasteiger charge is 2.03. The molecule has 6 nitrogen and oxygen atoms in total. The van der Waals surface area contributed by atoms with E-state index < -0.39 is 0 Å². The number of hydrogen-bond donors (Lipinski definition) is 2. The van der Waals surface area contributed by atoms with Crippen LogP contribution in [-0.4, -0.2) is 22.6 Å². The Balaban J connectivity index is 1.77. The van der Waals surface area contributed by atoms with E-state index in [4.69, 9.17) is 4.74 Å². The van der Waals surface area contributed by atoms with Crippen molar-refractivity contribution in [2.24, 2.45) is 0 Å². The average molecular weight is 314 g/mol. The van der Waals surface area contributed by atoms with Gasteiger partial charge in [0, 0.05) is 12.7 Å². The summed E-state index contributed by atoms with van der Waals surface area (Å²) in [6, 6.07) is 9.26. The SMILES string of the molecule is CCCOc1cccc(CNC(=O)NCc2ccnc(C)n2)c1. The minimum absolute atomic E-state index is 0.235. The van der Waals surface area contributed by atoms with Crippen LogP contribution in [0.5, 0.6) is 5.75 Å². The molecular weight excluding hydrogens is 292 g/mol. The van der Waals surface area contributed by atoms with Crippen LogP contribution in [0.25, 0.3) is 0 Å². The van der Waals surface area contributed by atoms with E-state index in [-0.39, 0.29) is 6.03 Å². The van der Waals surface area contributed by atoms with Crippen LogP contribution in [0.15, 0.2) is 36.5 Å². The van der Waals surface area contributed by atoms with E-state index in [9.17, 15) is 4.79 Å². The van der Waals surface area contributed by atoms with Gasteiger partial charge in [0.1, 0.15) is 11.6 Å². The summed E-state index contributed by atoms with van der Waals surface area (Å²) >= 11 is 0. The minimum Gasteiger partial charge on any atom is -0.494 e. The maximum absolute atomic E-state index is 11.8. The van der Waals surface area contributed by atoms with Crippen molar-refractivity contribution in [1.82, 2.24) is 20.6 Å². The van der Waals surface area contributed by atoms with Crippen LogP contribution >= 0.6 is 0 Å². The lowest BCUT2D eigenvalue weighted by molar-refractivity contribution is 0.240. The molecule has 0 fully saturated rings. The molecule has 0 bridgehead atoms. The minimum atomic E-state index is -0.235. The molecule has 23 heavy (non-hydrogen) atoms. The second kappa shape index (κ2) is 8.73. The first-order valence-corrected chi connectivity index (χ1v) is 7.69. The molecule has 2 aromatic rings. The number of urea groups is 1. The number of ether oxygens (including phenoxy) is 1. The summed E-state index contributed by atoms with van der Waals surface area (Å²) in [6.07, 6.45) is 2.65. The molecule has 1 aromatic carbocycles. The molecule has 0 saturated carbocycles. The van der Waals surface area contributed by atoms with E-state index in [1.165, 1.54) is 0 Å². The number of nitrogens with zero attached hydrogens (tertiary/aromatic N) is 2. The Bertz CT molecular complexity index is 646. The molecule has 2 amide bonds. The van der Waals surface area contributed by atoms with Gasteiger partial charge in [-0.3, -0.25) is 0 Å². The maximum Gasteiger partial charge on any atom is 0.315 e. The molecule has 2 rings (SSSR count). The molecule has 1 heterocycles. The Hall–Kier alpha value is -2.63. The Kier molecular flexibility index (Phi) is 6.35. The van der Waals surface area contributed by atoms with Gasteiger partial charge < -0.3 is 15.4 Å². The van der Waals surface area contributed by atoms with Gasteiger partial charge in [-0.15, -0.1) is 0 Å². The van der Waals surface area contributed by atoms with E-state index in [0.29, 0.717) is 25.5 Å². The molecule has 1 aromatic heterocycles. The van der Waals surface area contributed by atoms with Gasteiger partial charge in [-0.1, -0.05) is 19.1 Å². The highest BCUT2D eigenvalue weighted by Crippen LogP contribution is 2.13. The third kappa shape index (κ3) is 5.94. The average Bonchev–Trinajstić information content (AvgIpc) is 2.57. The van der Waals surface area contributed by atoms with Crippen molar-refractivity contribution in [2.45, 2.75) is 33.4 Å². The van der Waals surface area contributed by atoms with Crippen LogP contribution < -0.4 is 15.4 Å². The second-order valence-corrected chi connectivity index (χ2v) is 5.13. The number of amides is 2. The summed E-state index contributed by atoms with van der Waals surface area (Å²) in [7, 11) is 0. The predicted molar refractivity (Wildman–Crippen MR) is 88.1 cm³/mol. The molecule has 2 N–H and O–H groups in total. The number of carbonyl (C=O) groups is 1. The summed E-state index contributed by atoms with van der Waals surface area (Å²) in [4.78, 5) is 20.1. The molecule has 0 aliphatic rings. The van der Waals surface area contributed by atoms with Gasteiger partial charge in [-0.05, 0) is 37.1 Å². The predicted octanol–water partition coefficient (Wildman–Crippen LogP) is 2.57. The van der Waals surface area contributed by atoms with E-state index in [1.807, 2.05) is 31.2 Å². The van der Waals surface area contributed by atoms with Crippen molar-refractivity contribution >= 4 is 6.03 Å². The molecule has 0 saturated heterocycles. The standard InChI is InChI=1S/C17H22N4O2/c1-3-9-23-16-6-4-5-14(10-16)11-19-17(22)20-12-15-7-8-18-13(2)21-15/h4-8,10H,3,9,11-12H2,1-2H3,(H2,19,20,22). The van der Waals surface area contributed by atoms with Gasteiger partial charge >= 0.3 is 6.03 Å². The third-order valence-electron chi connectivity index (χ3n) is 3.09. The molecule has 0 aliphatic carbocycles. The van der Waals surface area contributed by atoms with E-state index >= 15 is 0 Å². The lowest BCUT2D eigenvalue weighted by Crippen LogP contribution is -2.34. The normalized spacial score (nSPS) is 10.2. The number of hydrogen-bond acceptors (Lipinski definition) is 4. The fourth-order valence-corrected chi connectivity index (χ4v) is 1.98. The summed E-state index contributed by atoms with van der Waals surface area (Å²) in [5.41, 5.74) is 1.77. The number of carbonyl (C=O) groups excluding carboxylic acids is 1. The van der Waals surface area contributed by atoms with Crippen LogP contribution in [0.3, 0.4) is 0 Å². The van der Waals surface area contributed by atoms with Crippen LogP contribution in [0.4, 0.5) is 4.79 Å². The van der Waals surface area contributed by atoms with Crippen LogP contribution in [0, 0.1) is 6.92 Å². The Labute approximate surface area is 136 Å². The van der Waals surface area contributed by atoms with Gasteiger partial charge in [0.2, 0.25) is 0 Å². The Morgan fingerprint density at radius 3 is 2.83 bits per heavy atom. The van der Waals surface area contributed by atoms with Crippen LogP contribution in [0.1, 0.15) is 30.4 Å². The summed E-state index contributed by atoms with van der Waals surface area (Å²) < 4.78 is 5.58. The van der Waals surface area contributed by atoms with Crippen molar-refractivity contribution in [3.8, 4) is 5.75 Å². The van der Waals surface area contributed by atoms with E-state index in [1.54, 1.807) is 12.3 Å². The molecule has 0 atom stereocenters. The number of rotatable bonds is 7. The topological polar surface area (TPSA) is 76.1 Å². The van der Waals surface area contributed by atoms with E-state index in [0.717, 1.165) is 23.4 Å². The highest BCUT2D eigenvalue weighted by molar-refractivity contribution is 5.73. The Morgan fingerprint density at radius 2 is 2.04 bits per heavy atom. The summed E-state index contributed by atoms with van der Waals surface area (Å²) in [5.74, 6) is 1.51. The monoisotopic (exact) mass is 314 g/mol. The number of nitrogens with one attached hydrogen (secondary N) is 2. The molecule has 0 unspecified atom stereocenters. The van der Waals surface area contributed by atoms with Gasteiger partial charge in [0.15, 0.2) is 0 Å². The first kappa shape index (κ1) is 16.7. The zero-order valence-corrected chi connectivity index (χ0v) is 13.5. The first-order chi connectivity index (χ1) is 11.2. The largest absolute Gasteiger partial charge is 0.494 e. The van der Waals surface area contributed by atoms with E-state index in [2.05, 4.69) is 27.5 Å². The third-order valence-corrected chi connectivity index (χ3v) is 3.09. The van der Waals surface area contributed by atoms with Gasteiger partial charge in [0.25, 0.3) is 0 Å². The summed E-state index contributed by atoms with van der Waals surface area (Å²) in [5, 5.41) is 5.59. The maximum atomic E-state index is 11.8. The number of aryl methyl sites for hydroxylation is 1. The van der Waals surface area contributed by atoms with Gasteiger partial charge in [0.05, 0.1) is 18.8 Å². The van der Waals surface area contributed by atoms with Gasteiger partial charge in [-0.2, -0.15) is 0 Å². The van der Waals surface area contributed by atoms with Crippen molar-refractivity contribution in [2.75, 3.05) is 6.61 Å². The molecule has 6 heteroatoms. The fourth-order valence-electron chi connectivity index (χ4n) is 1.98. The second-order valence-electron chi connectivity index (χ2n) is 5.13. The number of aromatic nitrogens is 2. The van der Waals surface area contributed by atoms with Gasteiger partial charge in [-0.25, -0.2) is 14.8 Å².